The molecule has 3 aromatic carbocycles. The molecule has 1 amide bonds. The van der Waals surface area contributed by atoms with Gasteiger partial charge in [-0.25, -0.2) is 4.98 Å². The summed E-state index contributed by atoms with van der Waals surface area (Å²) < 4.78 is 8.24. The van der Waals surface area contributed by atoms with Gasteiger partial charge in [0.05, 0.1) is 17.6 Å². The number of carbonyl (C=O) groups excluding carboxylic acids is 1. The van der Waals surface area contributed by atoms with Crippen molar-refractivity contribution in [3.05, 3.63) is 89.2 Å². The highest BCUT2D eigenvalue weighted by atomic mass is 35.5. The quantitative estimate of drug-likeness (QED) is 0.348. The third kappa shape index (κ3) is 4.46. The van der Waals surface area contributed by atoms with Crippen molar-refractivity contribution in [2.45, 2.75) is 32.2 Å². The number of hydrogen-bond donors (Lipinski definition) is 0. The molecule has 2 heterocycles. The van der Waals surface area contributed by atoms with Crippen molar-refractivity contribution in [2.75, 3.05) is 18.1 Å². The van der Waals surface area contributed by atoms with E-state index in [2.05, 4.69) is 29.7 Å². The van der Waals surface area contributed by atoms with E-state index in [1.165, 1.54) is 5.56 Å². The number of amides is 1. The molecule has 0 saturated carbocycles. The van der Waals surface area contributed by atoms with E-state index in [4.69, 9.17) is 21.3 Å². The van der Waals surface area contributed by atoms with Gasteiger partial charge in [-0.1, -0.05) is 42.8 Å². The van der Waals surface area contributed by atoms with Crippen LogP contribution in [-0.4, -0.2) is 28.6 Å². The molecule has 1 aromatic heterocycles. The summed E-state index contributed by atoms with van der Waals surface area (Å²) in [5.74, 6) is 1.92. The number of aromatic nitrogens is 2. The zero-order valence-electron chi connectivity index (χ0n) is 18.6. The Kier molecular flexibility index (Phi) is 6.05. The van der Waals surface area contributed by atoms with Gasteiger partial charge in [0.1, 0.15) is 18.2 Å². The van der Waals surface area contributed by atoms with E-state index in [-0.39, 0.29) is 11.8 Å². The second-order valence-corrected chi connectivity index (χ2v) is 8.77. The Balaban J connectivity index is 1.37. The van der Waals surface area contributed by atoms with Gasteiger partial charge in [0.15, 0.2) is 0 Å². The number of para-hydroxylation sites is 2. The van der Waals surface area contributed by atoms with E-state index in [0.29, 0.717) is 31.1 Å². The first-order valence-electron chi connectivity index (χ1n) is 11.3. The molecule has 33 heavy (non-hydrogen) atoms. The predicted octanol–water partition coefficient (Wildman–Crippen LogP) is 5.85. The number of anilines is 1. The van der Waals surface area contributed by atoms with Crippen molar-refractivity contribution in [3.8, 4) is 5.75 Å². The molecule has 5 rings (SSSR count). The van der Waals surface area contributed by atoms with Crippen molar-refractivity contribution >= 4 is 34.2 Å². The molecular formula is C27H26ClN3O2. The number of hydrogen-bond acceptors (Lipinski definition) is 3. The molecule has 6 heteroatoms. The highest BCUT2D eigenvalue weighted by Gasteiger charge is 2.34. The molecule has 0 radical (unpaired) electrons. The average molecular weight is 460 g/mol. The van der Waals surface area contributed by atoms with E-state index < -0.39 is 0 Å². The van der Waals surface area contributed by atoms with Crippen LogP contribution in [0.2, 0.25) is 5.02 Å². The fourth-order valence-corrected chi connectivity index (χ4v) is 4.59. The molecule has 0 bridgehead atoms. The lowest BCUT2D eigenvalue weighted by atomic mass is 10.1. The van der Waals surface area contributed by atoms with Crippen LogP contribution in [-0.2, 0) is 17.8 Å². The standard InChI is InChI=1S/C27H26ClN3O2/c1-2-19-7-13-23(14-8-19)33-16-15-30-25-6-4-3-5-24(25)29-27(30)20-17-26(32)31(18-20)22-11-9-21(28)10-12-22/h3-14,20H,2,15-18H2,1H3. The summed E-state index contributed by atoms with van der Waals surface area (Å²) in [6.07, 6.45) is 1.45. The van der Waals surface area contributed by atoms with Crippen LogP contribution in [0.1, 0.15) is 30.7 Å². The van der Waals surface area contributed by atoms with Gasteiger partial charge in [0.2, 0.25) is 5.91 Å². The molecule has 0 N–H and O–H groups in total. The molecule has 1 unspecified atom stereocenters. The van der Waals surface area contributed by atoms with E-state index in [1.54, 1.807) is 0 Å². The highest BCUT2D eigenvalue weighted by Crippen LogP contribution is 2.33. The molecule has 1 aliphatic heterocycles. The van der Waals surface area contributed by atoms with Crippen molar-refractivity contribution in [1.29, 1.82) is 0 Å². The van der Waals surface area contributed by atoms with Crippen molar-refractivity contribution in [2.24, 2.45) is 0 Å². The zero-order valence-corrected chi connectivity index (χ0v) is 19.3. The summed E-state index contributed by atoms with van der Waals surface area (Å²) in [4.78, 5) is 19.6. The van der Waals surface area contributed by atoms with Crippen LogP contribution < -0.4 is 9.64 Å². The Labute approximate surface area is 198 Å². The van der Waals surface area contributed by atoms with Crippen LogP contribution >= 0.6 is 11.6 Å². The summed E-state index contributed by atoms with van der Waals surface area (Å²) in [6.45, 7) is 3.93. The van der Waals surface area contributed by atoms with Gasteiger partial charge in [-0.05, 0) is 60.5 Å². The first-order valence-corrected chi connectivity index (χ1v) is 11.7. The molecule has 1 aliphatic rings. The maximum atomic E-state index is 12.9. The number of imidazole rings is 1. The Morgan fingerprint density at radius 1 is 1.03 bits per heavy atom. The van der Waals surface area contributed by atoms with E-state index >= 15 is 0 Å². The Morgan fingerprint density at radius 2 is 1.79 bits per heavy atom. The van der Waals surface area contributed by atoms with Gasteiger partial charge in [0, 0.05) is 29.6 Å². The van der Waals surface area contributed by atoms with Crippen molar-refractivity contribution in [1.82, 2.24) is 9.55 Å². The third-order valence-corrected chi connectivity index (χ3v) is 6.48. The smallest absolute Gasteiger partial charge is 0.227 e. The third-order valence-electron chi connectivity index (χ3n) is 6.23. The molecule has 5 nitrogen and oxygen atoms in total. The number of benzene rings is 3. The molecule has 0 spiro atoms. The minimum absolute atomic E-state index is 0.0180. The molecular weight excluding hydrogens is 434 g/mol. The van der Waals surface area contributed by atoms with Crippen LogP contribution in [0.15, 0.2) is 72.8 Å². The maximum absolute atomic E-state index is 12.9. The number of nitrogens with zero attached hydrogens (tertiary/aromatic N) is 3. The second kappa shape index (κ2) is 9.28. The Morgan fingerprint density at radius 3 is 2.55 bits per heavy atom. The normalized spacial score (nSPS) is 16.0. The van der Waals surface area contributed by atoms with Gasteiger partial charge in [-0.3, -0.25) is 4.79 Å². The lowest BCUT2D eigenvalue weighted by Gasteiger charge is -2.17. The van der Waals surface area contributed by atoms with Crippen LogP contribution in [0.4, 0.5) is 5.69 Å². The minimum atomic E-state index is 0.0180. The minimum Gasteiger partial charge on any atom is -0.492 e. The van der Waals surface area contributed by atoms with Crippen molar-refractivity contribution in [3.63, 3.8) is 0 Å². The van der Waals surface area contributed by atoms with Crippen LogP contribution in [0.25, 0.3) is 11.0 Å². The average Bonchev–Trinajstić information content (AvgIpc) is 3.41. The van der Waals surface area contributed by atoms with E-state index in [0.717, 1.165) is 34.7 Å². The SMILES string of the molecule is CCc1ccc(OCCn2c(C3CC(=O)N(c4ccc(Cl)cc4)C3)nc3ccccc32)cc1. The lowest BCUT2D eigenvalue weighted by molar-refractivity contribution is -0.117. The van der Waals surface area contributed by atoms with Gasteiger partial charge in [0.25, 0.3) is 0 Å². The summed E-state index contributed by atoms with van der Waals surface area (Å²) in [7, 11) is 0. The first-order chi connectivity index (χ1) is 16.1. The second-order valence-electron chi connectivity index (χ2n) is 8.34. The zero-order chi connectivity index (χ0) is 22.8. The monoisotopic (exact) mass is 459 g/mol. The molecule has 1 atom stereocenters. The summed E-state index contributed by atoms with van der Waals surface area (Å²) in [6, 6.07) is 23.8. The van der Waals surface area contributed by atoms with Gasteiger partial charge >= 0.3 is 0 Å². The van der Waals surface area contributed by atoms with Gasteiger partial charge in [-0.2, -0.15) is 0 Å². The Hall–Kier alpha value is -3.31. The molecule has 1 saturated heterocycles. The number of aryl methyl sites for hydroxylation is 1. The number of ether oxygens (including phenoxy) is 1. The van der Waals surface area contributed by atoms with Crippen LogP contribution in [0, 0.1) is 0 Å². The fraction of sp³-hybridized carbons (Fsp3) is 0.259. The van der Waals surface area contributed by atoms with Gasteiger partial charge in [-0.15, -0.1) is 0 Å². The molecule has 1 fully saturated rings. The van der Waals surface area contributed by atoms with Gasteiger partial charge < -0.3 is 14.2 Å². The first kappa shape index (κ1) is 21.5. The van der Waals surface area contributed by atoms with E-state index in [1.807, 2.05) is 59.5 Å². The Bertz CT molecular complexity index is 1270. The number of carbonyl (C=O) groups is 1. The summed E-state index contributed by atoms with van der Waals surface area (Å²) in [5, 5.41) is 0.660. The number of rotatable bonds is 7. The molecule has 168 valence electrons. The summed E-state index contributed by atoms with van der Waals surface area (Å²) >= 11 is 6.02. The summed E-state index contributed by atoms with van der Waals surface area (Å²) in [5.41, 5.74) is 4.17. The fourth-order valence-electron chi connectivity index (χ4n) is 4.47. The molecule has 0 aliphatic carbocycles. The lowest BCUT2D eigenvalue weighted by Crippen LogP contribution is -2.24. The number of halogens is 1. The topological polar surface area (TPSA) is 47.4 Å². The maximum Gasteiger partial charge on any atom is 0.227 e. The van der Waals surface area contributed by atoms with E-state index in [9.17, 15) is 4.79 Å². The van der Waals surface area contributed by atoms with Crippen LogP contribution in [0.3, 0.4) is 0 Å². The number of fused-ring (bicyclic) bond motifs is 1. The largest absolute Gasteiger partial charge is 0.492 e. The predicted molar refractivity (Wildman–Crippen MR) is 132 cm³/mol. The highest BCUT2D eigenvalue weighted by molar-refractivity contribution is 6.30. The molecule has 4 aromatic rings. The van der Waals surface area contributed by atoms with Crippen LogP contribution in [0.5, 0.6) is 5.75 Å². The van der Waals surface area contributed by atoms with Crippen molar-refractivity contribution < 1.29 is 9.53 Å².